The van der Waals surface area contributed by atoms with E-state index in [0.717, 1.165) is 77.1 Å². The highest BCUT2D eigenvalue weighted by atomic mass is 15.2. The minimum absolute atomic E-state index is 0.563. The van der Waals surface area contributed by atoms with Crippen molar-refractivity contribution in [1.29, 1.82) is 0 Å². The molecule has 0 atom stereocenters. The molecule has 14 aromatic rings. The molecule has 0 saturated heterocycles. The number of fused-ring (bicyclic) bond motifs is 13. The maximum absolute atomic E-state index is 5.39. The molecule has 0 spiro atoms. The second-order valence-electron chi connectivity index (χ2n) is 17.6. The van der Waals surface area contributed by atoms with Crippen molar-refractivity contribution >= 4 is 75.9 Å². The second-order valence-corrected chi connectivity index (χ2v) is 17.6. The van der Waals surface area contributed by atoms with Crippen LogP contribution in [0.1, 0.15) is 0 Å². The summed E-state index contributed by atoms with van der Waals surface area (Å²) in [5.41, 5.74) is 11.8. The minimum Gasteiger partial charge on any atom is -0.309 e. The topological polar surface area (TPSA) is 48.5 Å². The fraction of sp³-hybridized carbons (Fsp3) is 0. The highest BCUT2D eigenvalue weighted by Crippen LogP contribution is 2.43. The lowest BCUT2D eigenvalue weighted by molar-refractivity contribution is 0.955. The zero-order valence-electron chi connectivity index (χ0n) is 36.8. The molecule has 11 aromatic carbocycles. The molecule has 14 rings (SSSR count). The maximum atomic E-state index is 5.39. The van der Waals surface area contributed by atoms with Crippen molar-refractivity contribution in [1.82, 2.24) is 24.1 Å². The molecule has 0 fully saturated rings. The Morgan fingerprint density at radius 3 is 1.44 bits per heavy atom. The van der Waals surface area contributed by atoms with Gasteiger partial charge in [-0.05, 0) is 97.0 Å². The van der Waals surface area contributed by atoms with E-state index in [1.807, 2.05) is 24.3 Å². The van der Waals surface area contributed by atoms with E-state index < -0.39 is 0 Å². The van der Waals surface area contributed by atoms with Gasteiger partial charge in [0.1, 0.15) is 0 Å². The van der Waals surface area contributed by atoms with Crippen molar-refractivity contribution in [3.8, 4) is 56.7 Å². The smallest absolute Gasteiger partial charge is 0.238 e. The number of hydrogen-bond acceptors (Lipinski definition) is 3. The van der Waals surface area contributed by atoms with Gasteiger partial charge in [-0.25, -0.2) is 4.98 Å². The van der Waals surface area contributed by atoms with Gasteiger partial charge in [-0.3, -0.25) is 4.57 Å². The number of rotatable bonds is 6. The van der Waals surface area contributed by atoms with E-state index in [0.29, 0.717) is 17.6 Å². The van der Waals surface area contributed by atoms with Crippen LogP contribution >= 0.6 is 0 Å². The summed E-state index contributed by atoms with van der Waals surface area (Å²) in [6, 6.07) is 84.6. The zero-order valence-corrected chi connectivity index (χ0v) is 36.8. The summed E-state index contributed by atoms with van der Waals surface area (Å²) in [5, 5.41) is 12.2. The van der Waals surface area contributed by atoms with Crippen LogP contribution in [0.5, 0.6) is 0 Å². The molecule has 0 N–H and O–H groups in total. The number of benzene rings is 11. The third-order valence-corrected chi connectivity index (χ3v) is 13.7. The Bertz CT molecular complexity index is 4280. The molecule has 0 saturated carbocycles. The second kappa shape index (κ2) is 15.2. The molecular weight excluding hydrogens is 827 g/mol. The van der Waals surface area contributed by atoms with Crippen LogP contribution in [0.3, 0.4) is 0 Å². The van der Waals surface area contributed by atoms with Crippen molar-refractivity contribution in [2.45, 2.75) is 0 Å². The first-order chi connectivity index (χ1) is 33.7. The van der Waals surface area contributed by atoms with E-state index in [-0.39, 0.29) is 0 Å². The Balaban J connectivity index is 1.00. The van der Waals surface area contributed by atoms with Crippen LogP contribution in [-0.2, 0) is 0 Å². The van der Waals surface area contributed by atoms with Crippen LogP contribution in [0.4, 0.5) is 0 Å². The first kappa shape index (κ1) is 38.1. The standard InChI is InChI=1S/C63H39N5/c1-3-17-40(18-4-1)42-21-15-23-45(37-42)62-64-61(41-19-5-2-6-20-41)65-63(66-62)68-56-31-13-11-29-52(56)53-35-36-58-59(60(53)68)54-30-12-14-32-57(54)67(58)46-24-16-22-43(38-46)44-33-34-51-49-27-8-7-25-47(49)48-26-9-10-28-50(48)55(51)39-44/h1-39H. The van der Waals surface area contributed by atoms with E-state index in [9.17, 15) is 0 Å². The third kappa shape index (κ3) is 5.93. The fourth-order valence-electron chi connectivity index (χ4n) is 10.7. The van der Waals surface area contributed by atoms with E-state index in [1.165, 1.54) is 37.9 Å². The van der Waals surface area contributed by atoms with Gasteiger partial charge in [0.15, 0.2) is 11.6 Å². The third-order valence-electron chi connectivity index (χ3n) is 13.7. The predicted octanol–water partition coefficient (Wildman–Crippen LogP) is 16.2. The van der Waals surface area contributed by atoms with E-state index >= 15 is 0 Å². The van der Waals surface area contributed by atoms with Crippen molar-refractivity contribution in [2.24, 2.45) is 0 Å². The minimum atomic E-state index is 0.563. The lowest BCUT2D eigenvalue weighted by Crippen LogP contribution is -2.06. The molecule has 316 valence electrons. The van der Waals surface area contributed by atoms with Crippen LogP contribution in [0.15, 0.2) is 237 Å². The van der Waals surface area contributed by atoms with Gasteiger partial charge in [0.25, 0.3) is 0 Å². The molecule has 5 nitrogen and oxygen atoms in total. The summed E-state index contributed by atoms with van der Waals surface area (Å²) in [6.07, 6.45) is 0. The van der Waals surface area contributed by atoms with Gasteiger partial charge in [-0.2, -0.15) is 9.97 Å². The average Bonchev–Trinajstić information content (AvgIpc) is 3.94. The summed E-state index contributed by atoms with van der Waals surface area (Å²) in [5.74, 6) is 1.79. The normalized spacial score (nSPS) is 11.8. The Labute approximate surface area is 391 Å². The molecule has 0 amide bonds. The molecule has 0 aliphatic carbocycles. The Morgan fingerprint density at radius 1 is 0.250 bits per heavy atom. The molecular formula is C63H39N5. The lowest BCUT2D eigenvalue weighted by Gasteiger charge is -2.13. The van der Waals surface area contributed by atoms with Crippen LogP contribution in [0.25, 0.3) is 133 Å². The van der Waals surface area contributed by atoms with E-state index in [2.05, 4.69) is 221 Å². The molecule has 0 aliphatic heterocycles. The molecule has 0 bridgehead atoms. The van der Waals surface area contributed by atoms with Crippen LogP contribution in [0.2, 0.25) is 0 Å². The highest BCUT2D eigenvalue weighted by Gasteiger charge is 2.23. The van der Waals surface area contributed by atoms with Gasteiger partial charge >= 0.3 is 0 Å². The van der Waals surface area contributed by atoms with E-state index in [1.54, 1.807) is 0 Å². The van der Waals surface area contributed by atoms with E-state index in [4.69, 9.17) is 15.0 Å². The molecule has 3 heterocycles. The SMILES string of the molecule is c1ccc(-c2cccc(-c3nc(-c4ccccc4)nc(-n4c5ccccc5c5ccc6c(c7ccccc7n6-c6cccc(-c7ccc8c9ccccc9c9ccccc9c8c7)c6)c54)n3)c2)cc1. The quantitative estimate of drug-likeness (QED) is 0.156. The molecule has 5 heteroatoms. The summed E-state index contributed by atoms with van der Waals surface area (Å²) >= 11 is 0. The zero-order chi connectivity index (χ0) is 44.7. The van der Waals surface area contributed by atoms with Crippen LogP contribution in [0, 0.1) is 0 Å². The predicted molar refractivity (Wildman–Crippen MR) is 283 cm³/mol. The summed E-state index contributed by atoms with van der Waals surface area (Å²) in [6.45, 7) is 0. The number of para-hydroxylation sites is 2. The lowest BCUT2D eigenvalue weighted by atomic mass is 9.92. The monoisotopic (exact) mass is 865 g/mol. The van der Waals surface area contributed by atoms with Gasteiger partial charge < -0.3 is 4.57 Å². The van der Waals surface area contributed by atoms with Gasteiger partial charge in [0.2, 0.25) is 5.95 Å². The van der Waals surface area contributed by atoms with Crippen molar-refractivity contribution in [3.63, 3.8) is 0 Å². The van der Waals surface area contributed by atoms with Gasteiger partial charge in [-0.1, -0.05) is 194 Å². The van der Waals surface area contributed by atoms with Gasteiger partial charge in [-0.15, -0.1) is 0 Å². The molecule has 3 aromatic heterocycles. The largest absolute Gasteiger partial charge is 0.309 e. The molecule has 0 radical (unpaired) electrons. The van der Waals surface area contributed by atoms with Crippen molar-refractivity contribution in [3.05, 3.63) is 237 Å². The highest BCUT2D eigenvalue weighted by molar-refractivity contribution is 6.27. The van der Waals surface area contributed by atoms with Gasteiger partial charge in [0, 0.05) is 38.4 Å². The van der Waals surface area contributed by atoms with Crippen molar-refractivity contribution < 1.29 is 0 Å². The average molecular weight is 866 g/mol. The Hall–Kier alpha value is -9.19. The Kier molecular flexibility index (Phi) is 8.52. The first-order valence-corrected chi connectivity index (χ1v) is 23.1. The Morgan fingerprint density at radius 2 is 0.735 bits per heavy atom. The van der Waals surface area contributed by atoms with Crippen LogP contribution in [-0.4, -0.2) is 24.1 Å². The molecule has 0 aliphatic rings. The summed E-state index contributed by atoms with van der Waals surface area (Å²) in [7, 11) is 0. The molecule has 68 heavy (non-hydrogen) atoms. The number of aromatic nitrogens is 5. The first-order valence-electron chi connectivity index (χ1n) is 23.1. The summed E-state index contributed by atoms with van der Waals surface area (Å²) in [4.78, 5) is 15.9. The number of hydrogen-bond donors (Lipinski definition) is 0. The van der Waals surface area contributed by atoms with Crippen LogP contribution < -0.4 is 0 Å². The van der Waals surface area contributed by atoms with Gasteiger partial charge in [0.05, 0.1) is 22.1 Å². The summed E-state index contributed by atoms with van der Waals surface area (Å²) < 4.78 is 4.69. The van der Waals surface area contributed by atoms with Crippen molar-refractivity contribution in [2.75, 3.05) is 0 Å². The molecule has 0 unspecified atom stereocenters. The maximum Gasteiger partial charge on any atom is 0.238 e. The number of nitrogens with zero attached hydrogens (tertiary/aromatic N) is 5. The fourth-order valence-corrected chi connectivity index (χ4v) is 10.7.